The van der Waals surface area contributed by atoms with Crippen LogP contribution in [0, 0.1) is 16.0 Å². The molecule has 1 heterocycles. The summed E-state index contributed by atoms with van der Waals surface area (Å²) in [6.07, 6.45) is 4.01. The molecule has 2 N–H and O–H groups in total. The Morgan fingerprint density at radius 2 is 2.13 bits per heavy atom. The van der Waals surface area contributed by atoms with Crippen LogP contribution >= 0.6 is 12.2 Å². The minimum absolute atomic E-state index is 0.139. The van der Waals surface area contributed by atoms with Crippen LogP contribution in [0.25, 0.3) is 0 Å². The molecule has 1 aromatic heterocycles. The smallest absolute Gasteiger partial charge is 0.311 e. The van der Waals surface area contributed by atoms with Gasteiger partial charge in [0.1, 0.15) is 16.5 Å². The van der Waals surface area contributed by atoms with Crippen molar-refractivity contribution in [1.29, 1.82) is 5.26 Å². The Morgan fingerprint density at radius 1 is 1.43 bits per heavy atom. The van der Waals surface area contributed by atoms with Crippen LogP contribution in [0.3, 0.4) is 0 Å². The lowest BCUT2D eigenvalue weighted by Crippen LogP contribution is -2.13. The van der Waals surface area contributed by atoms with Crippen LogP contribution in [0.4, 0.5) is 5.82 Å². The lowest BCUT2D eigenvalue weighted by atomic mass is 9.90. The third-order valence-corrected chi connectivity index (χ3v) is 4.02. The molecule has 122 valence electrons. The summed E-state index contributed by atoms with van der Waals surface area (Å²) in [5.41, 5.74) is 6.23. The first-order valence-electron chi connectivity index (χ1n) is 7.69. The van der Waals surface area contributed by atoms with Crippen molar-refractivity contribution in [2.45, 2.75) is 46.0 Å². The van der Waals surface area contributed by atoms with Gasteiger partial charge in [-0.25, -0.2) is 0 Å². The second-order valence-corrected chi connectivity index (χ2v) is 5.83. The fourth-order valence-electron chi connectivity index (χ4n) is 2.67. The van der Waals surface area contributed by atoms with Gasteiger partial charge in [0, 0.05) is 5.71 Å². The molecular formula is C16H20N4O2S. The molecular weight excluding hydrogens is 312 g/mol. The standard InChI is InChI=1S/C16H20N4O2S/c1-3-22-14(21)8-10(2)19-20-15-12-7-5-4-6-11(12)13(9-17)16(23)18-15/h3-8H2,1-2H3,(H2,18,20,23)/b19-10+. The minimum Gasteiger partial charge on any atom is -0.466 e. The number of nitriles is 1. The van der Waals surface area contributed by atoms with E-state index in [1.807, 2.05) is 0 Å². The maximum absolute atomic E-state index is 11.4. The Balaban J connectivity index is 2.24. The van der Waals surface area contributed by atoms with Crippen molar-refractivity contribution in [3.05, 3.63) is 21.3 Å². The monoisotopic (exact) mass is 332 g/mol. The zero-order valence-electron chi connectivity index (χ0n) is 13.4. The molecule has 0 bridgehead atoms. The van der Waals surface area contributed by atoms with Gasteiger partial charge in [0.05, 0.1) is 18.6 Å². The van der Waals surface area contributed by atoms with E-state index in [0.717, 1.165) is 36.8 Å². The number of pyridine rings is 1. The number of aromatic amines is 1. The number of ether oxygens (including phenoxy) is 1. The largest absolute Gasteiger partial charge is 0.466 e. The molecule has 0 saturated carbocycles. The summed E-state index contributed by atoms with van der Waals surface area (Å²) in [4.78, 5) is 14.5. The van der Waals surface area contributed by atoms with Crippen LogP contribution in [-0.4, -0.2) is 23.3 Å². The van der Waals surface area contributed by atoms with Crippen molar-refractivity contribution in [1.82, 2.24) is 4.98 Å². The highest BCUT2D eigenvalue weighted by Crippen LogP contribution is 2.29. The molecule has 1 aromatic rings. The number of fused-ring (bicyclic) bond motifs is 1. The Hall–Kier alpha value is -2.20. The second kappa shape index (κ2) is 7.88. The number of anilines is 1. The van der Waals surface area contributed by atoms with Crippen molar-refractivity contribution < 1.29 is 9.53 Å². The molecule has 0 unspecified atom stereocenters. The Morgan fingerprint density at radius 3 is 2.78 bits per heavy atom. The molecule has 0 amide bonds. The van der Waals surface area contributed by atoms with Crippen LogP contribution in [-0.2, 0) is 22.4 Å². The molecule has 2 rings (SSSR count). The normalized spacial score (nSPS) is 13.9. The highest BCUT2D eigenvalue weighted by Gasteiger charge is 2.19. The average Bonchev–Trinajstić information content (AvgIpc) is 2.53. The van der Waals surface area contributed by atoms with E-state index in [4.69, 9.17) is 17.0 Å². The zero-order chi connectivity index (χ0) is 16.8. The van der Waals surface area contributed by atoms with Gasteiger partial charge < -0.3 is 9.72 Å². The van der Waals surface area contributed by atoms with Gasteiger partial charge >= 0.3 is 5.97 Å². The molecule has 23 heavy (non-hydrogen) atoms. The number of esters is 1. The van der Waals surface area contributed by atoms with E-state index >= 15 is 0 Å². The van der Waals surface area contributed by atoms with Gasteiger partial charge in [-0.15, -0.1) is 0 Å². The summed E-state index contributed by atoms with van der Waals surface area (Å²) in [6.45, 7) is 3.89. The second-order valence-electron chi connectivity index (χ2n) is 5.42. The maximum atomic E-state index is 11.4. The van der Waals surface area contributed by atoms with E-state index < -0.39 is 0 Å². The summed E-state index contributed by atoms with van der Waals surface area (Å²) < 4.78 is 5.32. The number of hydrogen-bond acceptors (Lipinski definition) is 6. The summed E-state index contributed by atoms with van der Waals surface area (Å²) in [5, 5.41) is 13.5. The van der Waals surface area contributed by atoms with Crippen LogP contribution in [0.2, 0.25) is 0 Å². The van der Waals surface area contributed by atoms with E-state index in [1.165, 1.54) is 0 Å². The Kier molecular flexibility index (Phi) is 5.88. The first-order valence-corrected chi connectivity index (χ1v) is 8.10. The molecule has 7 heteroatoms. The van der Waals surface area contributed by atoms with Gasteiger partial charge in [-0.1, -0.05) is 12.2 Å². The number of H-pyrrole nitrogens is 1. The van der Waals surface area contributed by atoms with Crippen LogP contribution < -0.4 is 5.43 Å². The fraction of sp³-hybridized carbons (Fsp3) is 0.500. The van der Waals surface area contributed by atoms with Crippen LogP contribution in [0.5, 0.6) is 0 Å². The minimum atomic E-state index is -0.301. The molecule has 1 aliphatic rings. The summed E-state index contributed by atoms with van der Waals surface area (Å²) >= 11 is 5.27. The highest BCUT2D eigenvalue weighted by molar-refractivity contribution is 7.71. The quantitative estimate of drug-likeness (QED) is 0.374. The predicted octanol–water partition coefficient (Wildman–Crippen LogP) is 3.24. The van der Waals surface area contributed by atoms with Gasteiger partial charge in [0.2, 0.25) is 0 Å². The van der Waals surface area contributed by atoms with E-state index in [1.54, 1.807) is 13.8 Å². The lowest BCUT2D eigenvalue weighted by molar-refractivity contribution is -0.141. The molecule has 0 atom stereocenters. The van der Waals surface area contributed by atoms with Gasteiger partial charge in [-0.3, -0.25) is 10.2 Å². The number of carbonyl (C=O) groups excluding carboxylic acids is 1. The molecule has 0 aromatic carbocycles. The van der Waals surface area contributed by atoms with Crippen molar-refractivity contribution in [2.24, 2.45) is 5.10 Å². The highest BCUT2D eigenvalue weighted by atomic mass is 32.1. The average molecular weight is 332 g/mol. The lowest BCUT2D eigenvalue weighted by Gasteiger charge is -2.20. The number of aromatic nitrogens is 1. The first-order chi connectivity index (χ1) is 11.1. The summed E-state index contributed by atoms with van der Waals surface area (Å²) in [5.74, 6) is 0.414. The topological polar surface area (TPSA) is 90.3 Å². The zero-order valence-corrected chi connectivity index (χ0v) is 14.2. The van der Waals surface area contributed by atoms with Crippen LogP contribution in [0.1, 0.15) is 49.8 Å². The number of rotatable bonds is 5. The number of nitrogens with zero attached hydrogens (tertiary/aromatic N) is 2. The number of nitrogens with one attached hydrogen (secondary N) is 2. The van der Waals surface area contributed by atoms with Gasteiger partial charge in [-0.05, 0) is 50.7 Å². The molecule has 0 aliphatic heterocycles. The molecule has 6 nitrogen and oxygen atoms in total. The third-order valence-electron chi connectivity index (χ3n) is 3.71. The van der Waals surface area contributed by atoms with E-state index in [2.05, 4.69) is 21.6 Å². The molecule has 0 fully saturated rings. The van der Waals surface area contributed by atoms with Gasteiger partial charge in [-0.2, -0.15) is 10.4 Å². The van der Waals surface area contributed by atoms with Crippen molar-refractivity contribution in [3.8, 4) is 6.07 Å². The van der Waals surface area contributed by atoms with Crippen molar-refractivity contribution in [3.63, 3.8) is 0 Å². The summed E-state index contributed by atoms with van der Waals surface area (Å²) in [6, 6.07) is 2.20. The molecule has 0 saturated heterocycles. The Bertz CT molecular complexity index is 731. The van der Waals surface area contributed by atoms with Crippen molar-refractivity contribution in [2.75, 3.05) is 12.0 Å². The maximum Gasteiger partial charge on any atom is 0.311 e. The fourth-order valence-corrected chi connectivity index (χ4v) is 2.94. The molecule has 1 aliphatic carbocycles. The van der Waals surface area contributed by atoms with Crippen molar-refractivity contribution >= 4 is 29.7 Å². The predicted molar refractivity (Wildman–Crippen MR) is 91.0 cm³/mol. The molecule has 0 radical (unpaired) electrons. The van der Waals surface area contributed by atoms with Crippen LogP contribution in [0.15, 0.2) is 5.10 Å². The third kappa shape index (κ3) is 4.17. The van der Waals surface area contributed by atoms with E-state index in [9.17, 15) is 10.1 Å². The number of hydrazone groups is 1. The van der Waals surface area contributed by atoms with Gasteiger partial charge in [0.15, 0.2) is 0 Å². The summed E-state index contributed by atoms with van der Waals surface area (Å²) in [7, 11) is 0. The molecule has 0 spiro atoms. The Labute approximate surface area is 140 Å². The first kappa shape index (κ1) is 17.2. The number of carbonyl (C=O) groups is 1. The van der Waals surface area contributed by atoms with E-state index in [0.29, 0.717) is 28.3 Å². The SMILES string of the molecule is CCOC(=O)C/C(C)=N/Nc1[nH]c(=S)c(C#N)c2c1CCCC2. The van der Waals surface area contributed by atoms with Gasteiger partial charge in [0.25, 0.3) is 0 Å². The van der Waals surface area contributed by atoms with E-state index in [-0.39, 0.29) is 12.4 Å². The number of hydrogen-bond donors (Lipinski definition) is 2.